The van der Waals surface area contributed by atoms with Crippen molar-refractivity contribution in [3.63, 3.8) is 0 Å². The maximum atomic E-state index is 12.9. The van der Waals surface area contributed by atoms with Gasteiger partial charge in [-0.05, 0) is 29.8 Å². The van der Waals surface area contributed by atoms with Gasteiger partial charge in [0.25, 0.3) is 11.5 Å². The zero-order chi connectivity index (χ0) is 21.4. The number of aliphatic hydroxyl groups excluding tert-OH is 1. The molecule has 1 aromatic heterocycles. The molecule has 3 aromatic rings. The molecular formula is C20H12ClN3O5S. The molecule has 2 aromatic carbocycles. The van der Waals surface area contributed by atoms with E-state index in [1.165, 1.54) is 46.7 Å². The topological polar surface area (TPSA) is 114 Å². The number of nitro groups is 1. The summed E-state index contributed by atoms with van der Waals surface area (Å²) in [7, 11) is 0. The molecule has 1 N–H and O–H groups in total. The second-order valence-electron chi connectivity index (χ2n) is 6.34. The van der Waals surface area contributed by atoms with Gasteiger partial charge < -0.3 is 5.11 Å². The molecule has 4 rings (SSSR count). The van der Waals surface area contributed by atoms with Crippen LogP contribution >= 0.6 is 22.9 Å². The van der Waals surface area contributed by atoms with Crippen molar-refractivity contribution in [1.82, 2.24) is 4.98 Å². The smallest absolute Gasteiger partial charge is 0.301 e. The summed E-state index contributed by atoms with van der Waals surface area (Å²) >= 11 is 7.15. The highest BCUT2D eigenvalue weighted by Crippen LogP contribution is 2.42. The van der Waals surface area contributed by atoms with E-state index in [9.17, 15) is 24.8 Å². The van der Waals surface area contributed by atoms with Crippen molar-refractivity contribution in [3.05, 3.63) is 91.9 Å². The fourth-order valence-electron chi connectivity index (χ4n) is 3.22. The molecule has 1 atom stereocenters. The van der Waals surface area contributed by atoms with Crippen LogP contribution < -0.4 is 4.90 Å². The van der Waals surface area contributed by atoms with Crippen LogP contribution in [0.15, 0.2) is 65.7 Å². The minimum Gasteiger partial charge on any atom is -0.507 e. The molecule has 0 unspecified atom stereocenters. The first-order chi connectivity index (χ1) is 14.4. The number of hydrogen-bond donors (Lipinski definition) is 1. The van der Waals surface area contributed by atoms with E-state index >= 15 is 0 Å². The van der Waals surface area contributed by atoms with E-state index in [1.54, 1.807) is 29.6 Å². The number of aromatic nitrogens is 1. The number of aliphatic hydroxyl groups is 1. The molecular weight excluding hydrogens is 430 g/mol. The standard InChI is InChI=1S/C20H12ClN3O5S/c21-13-5-1-11(2-6-13)16-15(17(25)12-3-7-14(8-4-12)24(28)29)18(26)19(27)23(16)20-22-9-10-30-20/h1-10,16,25H/b17-15+/t16-/m0/s1. The quantitative estimate of drug-likeness (QED) is 0.212. The van der Waals surface area contributed by atoms with E-state index in [0.29, 0.717) is 15.7 Å². The molecule has 1 saturated heterocycles. The second-order valence-corrected chi connectivity index (χ2v) is 7.65. The maximum Gasteiger partial charge on any atom is 0.301 e. The van der Waals surface area contributed by atoms with Gasteiger partial charge in [-0.25, -0.2) is 4.98 Å². The predicted octanol–water partition coefficient (Wildman–Crippen LogP) is 4.33. The van der Waals surface area contributed by atoms with Gasteiger partial charge in [0.05, 0.1) is 16.5 Å². The highest BCUT2D eigenvalue weighted by molar-refractivity contribution is 7.14. The summed E-state index contributed by atoms with van der Waals surface area (Å²) in [6.45, 7) is 0. The third kappa shape index (κ3) is 3.34. The van der Waals surface area contributed by atoms with Crippen LogP contribution in [0.1, 0.15) is 17.2 Å². The molecule has 8 nitrogen and oxygen atoms in total. The molecule has 30 heavy (non-hydrogen) atoms. The number of hydrogen-bond acceptors (Lipinski definition) is 7. The lowest BCUT2D eigenvalue weighted by Crippen LogP contribution is -2.29. The number of carbonyl (C=O) groups is 2. The first-order valence-electron chi connectivity index (χ1n) is 8.59. The van der Waals surface area contributed by atoms with Crippen molar-refractivity contribution in [2.24, 2.45) is 0 Å². The number of nitro benzene ring substituents is 1. The SMILES string of the molecule is O=C1C(=O)N(c2nccs2)[C@@H](c2ccc(Cl)cc2)/C1=C(\O)c1ccc([N+](=O)[O-])cc1. The Morgan fingerprint density at radius 3 is 2.37 bits per heavy atom. The molecule has 10 heteroatoms. The van der Waals surface area contributed by atoms with Crippen molar-refractivity contribution < 1.29 is 19.6 Å². The fourth-order valence-corrected chi connectivity index (χ4v) is 4.01. The van der Waals surface area contributed by atoms with Crippen LogP contribution in [0.5, 0.6) is 0 Å². The van der Waals surface area contributed by atoms with Gasteiger partial charge in [0.2, 0.25) is 0 Å². The molecule has 0 radical (unpaired) electrons. The van der Waals surface area contributed by atoms with Gasteiger partial charge in [-0.1, -0.05) is 23.7 Å². The van der Waals surface area contributed by atoms with Crippen LogP contribution in [0.25, 0.3) is 5.76 Å². The molecule has 2 heterocycles. The highest BCUT2D eigenvalue weighted by Gasteiger charge is 2.47. The number of benzene rings is 2. The lowest BCUT2D eigenvalue weighted by molar-refractivity contribution is -0.384. The van der Waals surface area contributed by atoms with Crippen molar-refractivity contribution in [3.8, 4) is 0 Å². The average molecular weight is 442 g/mol. The van der Waals surface area contributed by atoms with E-state index in [-0.39, 0.29) is 16.8 Å². The molecule has 1 fully saturated rings. The monoisotopic (exact) mass is 441 g/mol. The largest absolute Gasteiger partial charge is 0.507 e. The van der Waals surface area contributed by atoms with Crippen LogP contribution in [0.2, 0.25) is 5.02 Å². The zero-order valence-corrected chi connectivity index (χ0v) is 16.6. The average Bonchev–Trinajstić information content (AvgIpc) is 3.35. The van der Waals surface area contributed by atoms with Crippen molar-refractivity contribution in [2.45, 2.75) is 6.04 Å². The molecule has 1 aliphatic heterocycles. The summed E-state index contributed by atoms with van der Waals surface area (Å²) in [5.41, 5.74) is 0.435. The van der Waals surface area contributed by atoms with Crippen molar-refractivity contribution in [1.29, 1.82) is 0 Å². The fraction of sp³-hybridized carbons (Fsp3) is 0.0500. The van der Waals surface area contributed by atoms with Crippen LogP contribution in [0.4, 0.5) is 10.8 Å². The Morgan fingerprint density at radius 1 is 1.13 bits per heavy atom. The number of Topliss-reactive ketones (excluding diaryl/α,β-unsaturated/α-hetero) is 1. The summed E-state index contributed by atoms with van der Waals surface area (Å²) in [4.78, 5) is 41.4. The third-order valence-electron chi connectivity index (χ3n) is 4.61. The highest BCUT2D eigenvalue weighted by atomic mass is 35.5. The number of carbonyl (C=O) groups excluding carboxylic acids is 2. The summed E-state index contributed by atoms with van der Waals surface area (Å²) in [6, 6.07) is 10.7. The van der Waals surface area contributed by atoms with Crippen LogP contribution in [0.3, 0.4) is 0 Å². The predicted molar refractivity (Wildman–Crippen MR) is 111 cm³/mol. The Labute approximate surface area is 178 Å². The molecule has 0 aliphatic carbocycles. The first kappa shape index (κ1) is 19.7. The maximum absolute atomic E-state index is 12.9. The minimum atomic E-state index is -0.927. The summed E-state index contributed by atoms with van der Waals surface area (Å²) in [6.07, 6.45) is 1.51. The molecule has 0 spiro atoms. The van der Waals surface area contributed by atoms with Crippen LogP contribution in [-0.2, 0) is 9.59 Å². The Morgan fingerprint density at radius 2 is 1.80 bits per heavy atom. The number of non-ortho nitro benzene ring substituents is 1. The lowest BCUT2D eigenvalue weighted by atomic mass is 9.95. The number of anilines is 1. The van der Waals surface area contributed by atoms with Gasteiger partial charge in [0, 0.05) is 34.3 Å². The molecule has 0 bridgehead atoms. The Kier molecular flexibility index (Phi) is 5.06. The van der Waals surface area contributed by atoms with Crippen molar-refractivity contribution in [2.75, 3.05) is 4.90 Å². The normalized spacial score (nSPS) is 18.0. The van der Waals surface area contributed by atoms with Gasteiger partial charge >= 0.3 is 5.91 Å². The number of amides is 1. The van der Waals surface area contributed by atoms with Crippen LogP contribution in [0, 0.1) is 10.1 Å². The summed E-state index contributed by atoms with van der Waals surface area (Å²) in [5.74, 6) is -2.13. The second kappa shape index (κ2) is 7.69. The number of halogens is 1. The Balaban J connectivity index is 1.90. The Bertz CT molecular complexity index is 1170. The van der Waals surface area contributed by atoms with E-state index in [2.05, 4.69) is 4.98 Å². The van der Waals surface area contributed by atoms with E-state index in [4.69, 9.17) is 11.6 Å². The van der Waals surface area contributed by atoms with Crippen molar-refractivity contribution >= 4 is 51.2 Å². The Hall–Kier alpha value is -3.56. The van der Waals surface area contributed by atoms with Crippen LogP contribution in [-0.4, -0.2) is 26.7 Å². The number of ketones is 1. The molecule has 0 saturated carbocycles. The van der Waals surface area contributed by atoms with Gasteiger partial charge in [-0.15, -0.1) is 11.3 Å². The van der Waals surface area contributed by atoms with E-state index < -0.39 is 28.4 Å². The van der Waals surface area contributed by atoms with E-state index in [1.807, 2.05) is 0 Å². The summed E-state index contributed by atoms with van der Waals surface area (Å²) < 4.78 is 0. The van der Waals surface area contributed by atoms with Gasteiger partial charge in [-0.3, -0.25) is 24.6 Å². The first-order valence-corrected chi connectivity index (χ1v) is 9.85. The number of rotatable bonds is 4. The minimum absolute atomic E-state index is 0.133. The van der Waals surface area contributed by atoms with Gasteiger partial charge in [0.1, 0.15) is 5.76 Å². The summed E-state index contributed by atoms with van der Waals surface area (Å²) in [5, 5.41) is 24.2. The third-order valence-corrected chi connectivity index (χ3v) is 5.63. The number of nitrogens with zero attached hydrogens (tertiary/aromatic N) is 3. The lowest BCUT2D eigenvalue weighted by Gasteiger charge is -2.23. The molecule has 1 aliphatic rings. The zero-order valence-electron chi connectivity index (χ0n) is 15.1. The van der Waals surface area contributed by atoms with Gasteiger partial charge in [-0.2, -0.15) is 0 Å². The number of thiazole rings is 1. The van der Waals surface area contributed by atoms with E-state index in [0.717, 1.165) is 0 Å². The molecule has 1 amide bonds. The van der Waals surface area contributed by atoms with Gasteiger partial charge in [0.15, 0.2) is 5.13 Å². The molecule has 150 valence electrons.